The monoisotopic (exact) mass is 175 g/mol. The van der Waals surface area contributed by atoms with Gasteiger partial charge in [0, 0.05) is 17.8 Å². The fourth-order valence-electron chi connectivity index (χ4n) is 0.570. The van der Waals surface area contributed by atoms with Crippen molar-refractivity contribution in [3.05, 3.63) is 29.8 Å². The van der Waals surface area contributed by atoms with Gasteiger partial charge in [0.2, 0.25) is 5.95 Å². The molecule has 0 saturated heterocycles. The van der Waals surface area contributed by atoms with Crippen LogP contribution in [0.5, 0.6) is 0 Å². The van der Waals surface area contributed by atoms with E-state index in [9.17, 15) is 4.39 Å². The number of nitrogens with one attached hydrogen (secondary N) is 1. The third kappa shape index (κ3) is 2.51. The standard InChI is InChI=1S/C6H6FN3.ClH/c7-5-3-4(6(8)9)1-2-10-5;/h1-3H,(H3,8,9);1H. The molecule has 11 heavy (non-hydrogen) atoms. The Hall–Kier alpha value is -1.16. The van der Waals surface area contributed by atoms with Crippen LogP contribution in [0.25, 0.3) is 0 Å². The van der Waals surface area contributed by atoms with E-state index in [-0.39, 0.29) is 18.2 Å². The largest absolute Gasteiger partial charge is 0.384 e. The Labute approximate surface area is 69.4 Å². The maximum absolute atomic E-state index is 12.3. The van der Waals surface area contributed by atoms with Crippen molar-refractivity contribution in [2.24, 2.45) is 5.73 Å². The van der Waals surface area contributed by atoms with Crippen molar-refractivity contribution in [2.45, 2.75) is 0 Å². The summed E-state index contributed by atoms with van der Waals surface area (Å²) in [6, 6.07) is 2.59. The number of amidine groups is 1. The first kappa shape index (κ1) is 9.84. The number of nitrogen functional groups attached to an aromatic ring is 1. The average molecular weight is 176 g/mol. The fraction of sp³-hybridized carbons (Fsp3) is 0. The number of aromatic nitrogens is 1. The topological polar surface area (TPSA) is 62.8 Å². The SMILES string of the molecule is Cl.N=C(N)c1ccnc(F)c1. The Morgan fingerprint density at radius 2 is 2.27 bits per heavy atom. The highest BCUT2D eigenvalue weighted by Gasteiger charge is 1.96. The van der Waals surface area contributed by atoms with Crippen LogP contribution in [-0.4, -0.2) is 10.8 Å². The fourth-order valence-corrected chi connectivity index (χ4v) is 0.570. The number of nitrogens with two attached hydrogens (primary N) is 1. The van der Waals surface area contributed by atoms with Crippen molar-refractivity contribution in [2.75, 3.05) is 0 Å². The first-order chi connectivity index (χ1) is 4.70. The Balaban J connectivity index is 0.000001000. The van der Waals surface area contributed by atoms with Crippen LogP contribution in [0.15, 0.2) is 18.3 Å². The molecule has 0 radical (unpaired) electrons. The minimum atomic E-state index is -0.618. The van der Waals surface area contributed by atoms with E-state index in [1.807, 2.05) is 0 Å². The van der Waals surface area contributed by atoms with E-state index < -0.39 is 5.95 Å². The summed E-state index contributed by atoms with van der Waals surface area (Å²) in [5.41, 5.74) is 5.43. The molecule has 0 atom stereocenters. The predicted molar refractivity (Wildman–Crippen MR) is 42.5 cm³/mol. The van der Waals surface area contributed by atoms with Crippen LogP contribution in [0, 0.1) is 11.4 Å². The van der Waals surface area contributed by atoms with Crippen LogP contribution in [0.4, 0.5) is 4.39 Å². The minimum Gasteiger partial charge on any atom is -0.384 e. The smallest absolute Gasteiger partial charge is 0.213 e. The van der Waals surface area contributed by atoms with Gasteiger partial charge in [0.15, 0.2) is 0 Å². The summed E-state index contributed by atoms with van der Waals surface area (Å²) in [7, 11) is 0. The lowest BCUT2D eigenvalue weighted by atomic mass is 10.2. The molecule has 0 aliphatic heterocycles. The normalized spacial score (nSPS) is 8.45. The van der Waals surface area contributed by atoms with Gasteiger partial charge in [-0.05, 0) is 6.07 Å². The second-order valence-electron chi connectivity index (χ2n) is 1.78. The molecule has 0 unspecified atom stereocenters. The van der Waals surface area contributed by atoms with Crippen molar-refractivity contribution >= 4 is 18.2 Å². The molecule has 0 saturated carbocycles. The van der Waals surface area contributed by atoms with Crippen LogP contribution in [-0.2, 0) is 0 Å². The molecular weight excluding hydrogens is 169 g/mol. The summed E-state index contributed by atoms with van der Waals surface area (Å²) < 4.78 is 12.3. The highest BCUT2D eigenvalue weighted by Crippen LogP contribution is 1.97. The number of nitrogens with zero attached hydrogens (tertiary/aromatic N) is 1. The quantitative estimate of drug-likeness (QED) is 0.379. The lowest BCUT2D eigenvalue weighted by Gasteiger charge is -1.94. The molecule has 60 valence electrons. The Bertz CT molecular complexity index is 264. The van der Waals surface area contributed by atoms with Gasteiger partial charge < -0.3 is 5.73 Å². The molecule has 0 fully saturated rings. The lowest BCUT2D eigenvalue weighted by molar-refractivity contribution is 0.583. The van der Waals surface area contributed by atoms with Crippen LogP contribution in [0.1, 0.15) is 5.56 Å². The van der Waals surface area contributed by atoms with E-state index >= 15 is 0 Å². The van der Waals surface area contributed by atoms with Gasteiger partial charge in [0.05, 0.1) is 0 Å². The highest BCUT2D eigenvalue weighted by atomic mass is 35.5. The molecular formula is C6H7ClFN3. The van der Waals surface area contributed by atoms with E-state index in [0.29, 0.717) is 5.56 Å². The van der Waals surface area contributed by atoms with Crippen molar-refractivity contribution in [1.82, 2.24) is 4.98 Å². The summed E-state index contributed by atoms with van der Waals surface area (Å²) in [5, 5.41) is 6.92. The number of rotatable bonds is 1. The van der Waals surface area contributed by atoms with Gasteiger partial charge in [-0.25, -0.2) is 4.98 Å². The zero-order valence-electron chi connectivity index (χ0n) is 5.54. The zero-order chi connectivity index (χ0) is 7.56. The lowest BCUT2D eigenvalue weighted by Crippen LogP contribution is -2.11. The average Bonchev–Trinajstić information content (AvgIpc) is 1.88. The Kier molecular flexibility index (Phi) is 3.47. The van der Waals surface area contributed by atoms with E-state index in [0.717, 1.165) is 6.07 Å². The Morgan fingerprint density at radius 1 is 1.64 bits per heavy atom. The third-order valence-electron chi connectivity index (χ3n) is 1.04. The van der Waals surface area contributed by atoms with Gasteiger partial charge in [-0.3, -0.25) is 5.41 Å². The maximum atomic E-state index is 12.3. The molecule has 0 aromatic carbocycles. The molecule has 0 bridgehead atoms. The molecule has 0 spiro atoms. The molecule has 0 amide bonds. The van der Waals surface area contributed by atoms with Crippen LogP contribution in [0.2, 0.25) is 0 Å². The molecule has 1 heterocycles. The molecule has 0 aliphatic rings. The predicted octanol–water partition coefficient (Wildman–Crippen LogP) is 0.927. The summed E-state index contributed by atoms with van der Waals surface area (Å²) in [4.78, 5) is 3.30. The van der Waals surface area contributed by atoms with Crippen molar-refractivity contribution in [1.29, 1.82) is 5.41 Å². The van der Waals surface area contributed by atoms with Crippen molar-refractivity contribution in [3.8, 4) is 0 Å². The van der Waals surface area contributed by atoms with Crippen LogP contribution in [0.3, 0.4) is 0 Å². The number of pyridine rings is 1. The molecule has 1 aromatic heterocycles. The van der Waals surface area contributed by atoms with Crippen LogP contribution >= 0.6 is 12.4 Å². The van der Waals surface area contributed by atoms with E-state index in [1.54, 1.807) is 0 Å². The molecule has 5 heteroatoms. The van der Waals surface area contributed by atoms with E-state index in [1.165, 1.54) is 12.3 Å². The first-order valence-electron chi connectivity index (χ1n) is 2.66. The molecule has 1 aromatic rings. The number of hydrogen-bond donors (Lipinski definition) is 2. The number of halogens is 2. The molecule has 1 rings (SSSR count). The van der Waals surface area contributed by atoms with Gasteiger partial charge in [0.25, 0.3) is 0 Å². The van der Waals surface area contributed by atoms with E-state index in [2.05, 4.69) is 4.98 Å². The second kappa shape index (κ2) is 3.88. The van der Waals surface area contributed by atoms with Crippen molar-refractivity contribution in [3.63, 3.8) is 0 Å². The molecule has 3 N–H and O–H groups in total. The Morgan fingerprint density at radius 3 is 2.64 bits per heavy atom. The molecule has 0 aliphatic carbocycles. The second-order valence-corrected chi connectivity index (χ2v) is 1.78. The van der Waals surface area contributed by atoms with Crippen LogP contribution < -0.4 is 5.73 Å². The van der Waals surface area contributed by atoms with Gasteiger partial charge in [-0.1, -0.05) is 0 Å². The summed E-state index contributed by atoms with van der Waals surface area (Å²) in [6.07, 6.45) is 1.27. The maximum Gasteiger partial charge on any atom is 0.213 e. The summed E-state index contributed by atoms with van der Waals surface area (Å²) in [6.45, 7) is 0. The zero-order valence-corrected chi connectivity index (χ0v) is 6.36. The minimum absolute atomic E-state index is 0. The van der Waals surface area contributed by atoms with Crippen molar-refractivity contribution < 1.29 is 4.39 Å². The highest BCUT2D eigenvalue weighted by molar-refractivity contribution is 5.94. The summed E-state index contributed by atoms with van der Waals surface area (Å²) in [5.74, 6) is -0.769. The van der Waals surface area contributed by atoms with Gasteiger partial charge in [0.1, 0.15) is 5.84 Å². The number of hydrogen-bond acceptors (Lipinski definition) is 2. The van der Waals surface area contributed by atoms with Gasteiger partial charge in [-0.2, -0.15) is 4.39 Å². The first-order valence-corrected chi connectivity index (χ1v) is 2.66. The van der Waals surface area contributed by atoms with Gasteiger partial charge in [-0.15, -0.1) is 12.4 Å². The third-order valence-corrected chi connectivity index (χ3v) is 1.04. The van der Waals surface area contributed by atoms with Gasteiger partial charge >= 0.3 is 0 Å². The summed E-state index contributed by atoms with van der Waals surface area (Å²) >= 11 is 0. The van der Waals surface area contributed by atoms with E-state index in [4.69, 9.17) is 11.1 Å². The molecule has 3 nitrogen and oxygen atoms in total.